The zero-order chi connectivity index (χ0) is 26.8. The average molecular weight is 539 g/mol. The van der Waals surface area contributed by atoms with Crippen LogP contribution in [0.4, 0.5) is 15.8 Å². The minimum absolute atomic E-state index is 0.173. The number of halogens is 2. The Morgan fingerprint density at radius 1 is 1.03 bits per heavy atom. The third kappa shape index (κ3) is 5.27. The van der Waals surface area contributed by atoms with Crippen molar-refractivity contribution < 1.29 is 13.9 Å². The molecule has 0 spiro atoms. The first-order valence-electron chi connectivity index (χ1n) is 13.0. The van der Waals surface area contributed by atoms with Crippen molar-refractivity contribution >= 4 is 29.2 Å². The molecule has 4 nitrogen and oxygen atoms in total. The Morgan fingerprint density at radius 2 is 1.87 bits per heavy atom. The van der Waals surface area contributed by atoms with E-state index in [9.17, 15) is 4.39 Å². The van der Waals surface area contributed by atoms with Crippen molar-refractivity contribution in [2.24, 2.45) is 10.9 Å². The predicted molar refractivity (Wildman–Crippen MR) is 155 cm³/mol. The fraction of sp³-hybridized carbons (Fsp3) is 0.182. The lowest BCUT2D eigenvalue weighted by molar-refractivity contribution is 0.284. The highest BCUT2D eigenvalue weighted by atomic mass is 35.5. The highest BCUT2D eigenvalue weighted by Gasteiger charge is 2.37. The molecule has 4 aromatic carbocycles. The smallest absolute Gasteiger partial charge is 0.180 e. The van der Waals surface area contributed by atoms with Gasteiger partial charge < -0.3 is 14.8 Å². The quantitative estimate of drug-likeness (QED) is 0.189. The maximum Gasteiger partial charge on any atom is 0.180 e. The van der Waals surface area contributed by atoms with E-state index in [0.29, 0.717) is 33.9 Å². The molecule has 6 heteroatoms. The van der Waals surface area contributed by atoms with Crippen LogP contribution in [0.5, 0.6) is 11.5 Å². The molecule has 1 heterocycles. The molecule has 196 valence electrons. The van der Waals surface area contributed by atoms with Crippen LogP contribution in [0.15, 0.2) is 102 Å². The molecular formula is C33H28ClFN2O2. The van der Waals surface area contributed by atoms with E-state index in [4.69, 9.17) is 21.1 Å². The minimum Gasteiger partial charge on any atom is -0.493 e. The fourth-order valence-electron chi connectivity index (χ4n) is 5.53. The number of anilines is 1. The van der Waals surface area contributed by atoms with E-state index in [1.54, 1.807) is 31.5 Å². The third-order valence-electron chi connectivity index (χ3n) is 7.41. The minimum atomic E-state index is -0.311. The largest absolute Gasteiger partial charge is 0.493 e. The van der Waals surface area contributed by atoms with Crippen LogP contribution in [0.3, 0.4) is 0 Å². The van der Waals surface area contributed by atoms with Crippen LogP contribution in [0.25, 0.3) is 0 Å². The van der Waals surface area contributed by atoms with Gasteiger partial charge in [-0.1, -0.05) is 66.2 Å². The summed E-state index contributed by atoms with van der Waals surface area (Å²) < 4.78 is 24.9. The number of hydrogen-bond acceptors (Lipinski definition) is 4. The van der Waals surface area contributed by atoms with Gasteiger partial charge in [-0.2, -0.15) is 0 Å². The summed E-state index contributed by atoms with van der Waals surface area (Å²) in [5.74, 6) is 1.54. The number of aliphatic imine (C=N–C) groups is 1. The van der Waals surface area contributed by atoms with Gasteiger partial charge in [0.2, 0.25) is 0 Å². The molecule has 39 heavy (non-hydrogen) atoms. The van der Waals surface area contributed by atoms with E-state index in [1.807, 2.05) is 18.2 Å². The molecule has 6 rings (SSSR count). The maximum atomic E-state index is 13.5. The number of fused-ring (bicyclic) bond motifs is 3. The van der Waals surface area contributed by atoms with Crippen molar-refractivity contribution in [2.45, 2.75) is 25.0 Å². The van der Waals surface area contributed by atoms with Crippen LogP contribution in [-0.4, -0.2) is 13.3 Å². The Kier molecular flexibility index (Phi) is 7.08. The van der Waals surface area contributed by atoms with E-state index in [-0.39, 0.29) is 18.5 Å². The summed E-state index contributed by atoms with van der Waals surface area (Å²) in [4.78, 5) is 4.66. The number of ether oxygens (including phenoxy) is 2. The Labute approximate surface area is 232 Å². The number of nitrogens with one attached hydrogen (secondary N) is 1. The predicted octanol–water partition coefficient (Wildman–Crippen LogP) is 8.64. The average Bonchev–Trinajstić information content (AvgIpc) is 3.46. The number of para-hydroxylation sites is 1. The van der Waals surface area contributed by atoms with Gasteiger partial charge in [0.1, 0.15) is 12.4 Å². The van der Waals surface area contributed by atoms with E-state index in [1.165, 1.54) is 28.9 Å². The lowest BCUT2D eigenvalue weighted by atomic mass is 9.77. The molecule has 0 fully saturated rings. The normalized spacial score (nSPS) is 19.4. The Bertz CT molecular complexity index is 1550. The van der Waals surface area contributed by atoms with Crippen molar-refractivity contribution in [1.29, 1.82) is 0 Å². The number of nitrogens with zero attached hydrogens (tertiary/aromatic N) is 1. The number of allylic oxidation sites excluding steroid dienone is 2. The lowest BCUT2D eigenvalue weighted by Crippen LogP contribution is -2.28. The first-order valence-corrected chi connectivity index (χ1v) is 13.4. The second-order valence-electron chi connectivity index (χ2n) is 9.87. The lowest BCUT2D eigenvalue weighted by Gasteiger charge is -2.37. The first kappa shape index (κ1) is 25.2. The van der Waals surface area contributed by atoms with Gasteiger partial charge in [0.15, 0.2) is 11.5 Å². The molecule has 3 atom stereocenters. The summed E-state index contributed by atoms with van der Waals surface area (Å²) in [5.41, 5.74) is 6.18. The highest BCUT2D eigenvalue weighted by Crippen LogP contribution is 2.49. The zero-order valence-electron chi connectivity index (χ0n) is 21.5. The molecule has 2 aliphatic rings. The van der Waals surface area contributed by atoms with Gasteiger partial charge >= 0.3 is 0 Å². The van der Waals surface area contributed by atoms with Crippen LogP contribution >= 0.6 is 11.6 Å². The van der Waals surface area contributed by atoms with Gasteiger partial charge in [0, 0.05) is 17.8 Å². The molecule has 0 bridgehead atoms. The van der Waals surface area contributed by atoms with Crippen molar-refractivity contribution in [3.05, 3.63) is 130 Å². The second kappa shape index (κ2) is 11.0. The molecule has 0 saturated carbocycles. The standard InChI is InChI=1S/C33H28ClFN2O2/c1-38-31-18-22(17-29(34)33(31)39-20-21-6-4-7-24(35)16-21)19-36-25-14-12-23(13-15-25)32-28-10-5-9-26(28)27-8-2-3-11-30(27)37-32/h2-9,11-19,26,28,32,37H,10,20H2,1H3/t26-,28-,32+/m1/s1. The van der Waals surface area contributed by atoms with Crippen molar-refractivity contribution in [2.75, 3.05) is 12.4 Å². The van der Waals surface area contributed by atoms with Gasteiger partial charge in [0.05, 0.1) is 23.9 Å². The van der Waals surface area contributed by atoms with E-state index < -0.39 is 0 Å². The molecule has 0 radical (unpaired) electrons. The van der Waals surface area contributed by atoms with Gasteiger partial charge in [-0.15, -0.1) is 0 Å². The van der Waals surface area contributed by atoms with Crippen LogP contribution in [0.1, 0.15) is 40.6 Å². The van der Waals surface area contributed by atoms with Gasteiger partial charge in [-0.3, -0.25) is 4.99 Å². The van der Waals surface area contributed by atoms with Crippen LogP contribution < -0.4 is 14.8 Å². The van der Waals surface area contributed by atoms with E-state index in [2.05, 4.69) is 58.9 Å². The summed E-state index contributed by atoms with van der Waals surface area (Å²) in [5, 5.41) is 4.17. The van der Waals surface area contributed by atoms with Crippen LogP contribution in [-0.2, 0) is 6.61 Å². The third-order valence-corrected chi connectivity index (χ3v) is 7.69. The zero-order valence-corrected chi connectivity index (χ0v) is 22.2. The maximum absolute atomic E-state index is 13.5. The van der Waals surface area contributed by atoms with Crippen molar-refractivity contribution in [1.82, 2.24) is 0 Å². The van der Waals surface area contributed by atoms with Gasteiger partial charge in [-0.25, -0.2) is 4.39 Å². The molecule has 1 N–H and O–H groups in total. The first-order chi connectivity index (χ1) is 19.1. The van der Waals surface area contributed by atoms with Crippen molar-refractivity contribution in [3.8, 4) is 11.5 Å². The summed E-state index contributed by atoms with van der Waals surface area (Å²) in [6.07, 6.45) is 7.49. The number of hydrogen-bond donors (Lipinski definition) is 1. The summed E-state index contributed by atoms with van der Waals surface area (Å²) in [7, 11) is 1.56. The Balaban J connectivity index is 1.17. The summed E-state index contributed by atoms with van der Waals surface area (Å²) in [6.45, 7) is 0.173. The molecule has 0 unspecified atom stereocenters. The SMILES string of the molecule is COc1cc(C=Nc2ccc([C@@H]3Nc4ccccc4[C@H]4C=CC[C@H]43)cc2)cc(Cl)c1OCc1cccc(F)c1. The van der Waals surface area contributed by atoms with Crippen LogP contribution in [0, 0.1) is 11.7 Å². The topological polar surface area (TPSA) is 42.8 Å². The number of rotatable bonds is 7. The van der Waals surface area contributed by atoms with Gasteiger partial charge in [0.25, 0.3) is 0 Å². The summed E-state index contributed by atoms with van der Waals surface area (Å²) in [6, 6.07) is 27.1. The highest BCUT2D eigenvalue weighted by molar-refractivity contribution is 6.32. The van der Waals surface area contributed by atoms with Crippen LogP contribution in [0.2, 0.25) is 5.02 Å². The monoisotopic (exact) mass is 538 g/mol. The fourth-order valence-corrected chi connectivity index (χ4v) is 5.80. The molecule has 0 aromatic heterocycles. The number of methoxy groups -OCH3 is 1. The molecule has 0 amide bonds. The van der Waals surface area contributed by atoms with Gasteiger partial charge in [-0.05, 0) is 77.1 Å². The Hall–Kier alpha value is -4.09. The molecule has 0 saturated heterocycles. The Morgan fingerprint density at radius 3 is 2.69 bits per heavy atom. The molecule has 1 aliphatic carbocycles. The van der Waals surface area contributed by atoms with Crippen molar-refractivity contribution in [3.63, 3.8) is 0 Å². The second-order valence-corrected chi connectivity index (χ2v) is 10.3. The molecule has 4 aromatic rings. The molecular weight excluding hydrogens is 511 g/mol. The summed E-state index contributed by atoms with van der Waals surface area (Å²) >= 11 is 6.53. The molecule has 1 aliphatic heterocycles. The van der Waals surface area contributed by atoms with E-state index in [0.717, 1.165) is 17.7 Å². The number of benzene rings is 4. The van der Waals surface area contributed by atoms with E-state index >= 15 is 0 Å².